The first-order chi connectivity index (χ1) is 18.2. The molecule has 2 aromatic rings. The minimum absolute atomic E-state index is 0.00186. The van der Waals surface area contributed by atoms with Crippen molar-refractivity contribution in [3.8, 4) is 5.75 Å². The maximum Gasteiger partial charge on any atom is 0.407 e. The van der Waals surface area contributed by atoms with Gasteiger partial charge in [-0.3, -0.25) is 0 Å². The number of aliphatic hydroxyl groups is 1. The van der Waals surface area contributed by atoms with Crippen LogP contribution in [0.2, 0.25) is 5.02 Å². The van der Waals surface area contributed by atoms with Crippen LogP contribution in [0.1, 0.15) is 25.8 Å². The van der Waals surface area contributed by atoms with Gasteiger partial charge in [-0.2, -0.15) is 0 Å². The number of aliphatic hydroxyl groups excluding tert-OH is 1. The molecule has 2 aliphatic rings. The third-order valence-corrected chi connectivity index (χ3v) is 8.37. The number of halogens is 1. The van der Waals surface area contributed by atoms with Crippen molar-refractivity contribution in [3.05, 3.63) is 59.1 Å². The molecule has 2 heterocycles. The van der Waals surface area contributed by atoms with Gasteiger partial charge in [0.1, 0.15) is 11.9 Å². The second-order valence-corrected chi connectivity index (χ2v) is 12.0. The standard InChI is InChI=1S/C27H35ClN2O7S/c1-17(2)14-30(38(34)19-8-9-21(28)23(31)13-19)15-24(32)22(12-18-6-4-3-5-7-18)29-27(33)37-25-16-36-26-20(25)10-11-35-26/h3-9,13,17,20,22,24-26,31-32H,10-12,14-16H2,1-2H3,(H,29,33)/t20-,22-,24+,25?,26+,38?/m0/s1. The number of hydrogen-bond acceptors (Lipinski definition) is 8. The smallest absolute Gasteiger partial charge is 0.407 e. The SMILES string of the molecule is CC(C)CN(C[C@@H](O)[C@H](Cc1ccccc1)NC(=O)OC1CO[C@H]2OCC[C@@H]12)[S+]([O-])c1ccc(Cl)c(O)c1. The zero-order chi connectivity index (χ0) is 27.2. The number of phenols is 1. The number of carbonyl (C=O) groups is 1. The highest BCUT2D eigenvalue weighted by molar-refractivity contribution is 7.89. The van der Waals surface area contributed by atoms with Gasteiger partial charge in [0.25, 0.3) is 0 Å². The number of nitrogens with zero attached hydrogens (tertiary/aromatic N) is 1. The van der Waals surface area contributed by atoms with Crippen molar-refractivity contribution >= 4 is 29.1 Å². The molecule has 2 aromatic carbocycles. The number of carbonyl (C=O) groups excluding carboxylic acids is 1. The van der Waals surface area contributed by atoms with Crippen LogP contribution in [0.15, 0.2) is 53.4 Å². The third-order valence-electron chi connectivity index (χ3n) is 6.62. The number of ether oxygens (including phenoxy) is 3. The molecule has 4 rings (SSSR count). The minimum atomic E-state index is -1.68. The number of hydrogen-bond donors (Lipinski definition) is 3. The first-order valence-electron chi connectivity index (χ1n) is 12.8. The van der Waals surface area contributed by atoms with Crippen LogP contribution in [0.4, 0.5) is 4.79 Å². The van der Waals surface area contributed by atoms with Crippen molar-refractivity contribution in [1.82, 2.24) is 9.62 Å². The Morgan fingerprint density at radius 3 is 2.71 bits per heavy atom. The number of benzene rings is 2. The van der Waals surface area contributed by atoms with Crippen LogP contribution in [0.25, 0.3) is 0 Å². The lowest BCUT2D eigenvalue weighted by Gasteiger charge is -2.31. The second-order valence-electron chi connectivity index (χ2n) is 10.1. The zero-order valence-electron chi connectivity index (χ0n) is 21.5. The van der Waals surface area contributed by atoms with Gasteiger partial charge in [-0.1, -0.05) is 55.8 Å². The molecule has 1 amide bonds. The zero-order valence-corrected chi connectivity index (χ0v) is 23.1. The second kappa shape index (κ2) is 13.3. The fourth-order valence-corrected chi connectivity index (χ4v) is 6.26. The molecule has 208 valence electrons. The van der Waals surface area contributed by atoms with Gasteiger partial charge in [0.05, 0.1) is 54.2 Å². The van der Waals surface area contributed by atoms with E-state index in [9.17, 15) is 19.6 Å². The summed E-state index contributed by atoms with van der Waals surface area (Å²) < 4.78 is 31.8. The Morgan fingerprint density at radius 1 is 1.24 bits per heavy atom. The molecule has 11 heteroatoms. The molecule has 2 fully saturated rings. The maximum absolute atomic E-state index is 13.5. The van der Waals surface area contributed by atoms with E-state index in [1.165, 1.54) is 12.1 Å². The molecule has 2 aliphatic heterocycles. The number of fused-ring (bicyclic) bond motifs is 1. The van der Waals surface area contributed by atoms with E-state index in [0.29, 0.717) is 24.5 Å². The molecule has 6 atom stereocenters. The Labute approximate surface area is 231 Å². The summed E-state index contributed by atoms with van der Waals surface area (Å²) in [4.78, 5) is 13.3. The predicted octanol–water partition coefficient (Wildman–Crippen LogP) is 3.49. The van der Waals surface area contributed by atoms with Crippen LogP contribution in [-0.2, 0) is 32.0 Å². The summed E-state index contributed by atoms with van der Waals surface area (Å²) in [5, 5.41) is 24.4. The number of rotatable bonds is 11. The Hall–Kier alpha value is -2.05. The average molecular weight is 567 g/mol. The van der Waals surface area contributed by atoms with Crippen molar-refractivity contribution < 1.29 is 33.8 Å². The molecular weight excluding hydrogens is 532 g/mol. The Balaban J connectivity index is 1.47. The van der Waals surface area contributed by atoms with Gasteiger partial charge < -0.3 is 34.3 Å². The number of amides is 1. The monoisotopic (exact) mass is 566 g/mol. The fourth-order valence-electron chi connectivity index (χ4n) is 4.72. The van der Waals surface area contributed by atoms with Crippen molar-refractivity contribution in [2.45, 2.75) is 56.1 Å². The van der Waals surface area contributed by atoms with E-state index in [0.717, 1.165) is 12.0 Å². The van der Waals surface area contributed by atoms with Crippen LogP contribution in [0, 0.1) is 11.8 Å². The largest absolute Gasteiger partial charge is 0.593 e. The Morgan fingerprint density at radius 2 is 2.00 bits per heavy atom. The lowest BCUT2D eigenvalue weighted by atomic mass is 10.0. The minimum Gasteiger partial charge on any atom is -0.593 e. The number of aromatic hydroxyl groups is 1. The van der Waals surface area contributed by atoms with E-state index in [4.69, 9.17) is 25.8 Å². The van der Waals surface area contributed by atoms with Crippen LogP contribution in [0.5, 0.6) is 5.75 Å². The highest BCUT2D eigenvalue weighted by Gasteiger charge is 2.44. The number of phenolic OH excluding ortho intramolecular Hbond substituents is 1. The van der Waals surface area contributed by atoms with E-state index in [-0.39, 0.29) is 42.0 Å². The van der Waals surface area contributed by atoms with Gasteiger partial charge in [-0.25, -0.2) is 4.79 Å². The first kappa shape index (κ1) is 28.9. The molecule has 38 heavy (non-hydrogen) atoms. The molecule has 0 bridgehead atoms. The molecule has 0 aromatic heterocycles. The van der Waals surface area contributed by atoms with Gasteiger partial charge in [0.15, 0.2) is 11.2 Å². The molecule has 0 spiro atoms. The number of alkyl carbamates (subject to hydrolysis) is 1. The Bertz CT molecular complexity index is 1060. The summed E-state index contributed by atoms with van der Waals surface area (Å²) in [7, 11) is 0. The fraction of sp³-hybridized carbons (Fsp3) is 0.519. The van der Waals surface area contributed by atoms with Crippen molar-refractivity contribution in [1.29, 1.82) is 0 Å². The van der Waals surface area contributed by atoms with Crippen LogP contribution in [0.3, 0.4) is 0 Å². The van der Waals surface area contributed by atoms with Gasteiger partial charge in [0.2, 0.25) is 0 Å². The van der Waals surface area contributed by atoms with Gasteiger partial charge in [-0.15, -0.1) is 4.31 Å². The molecular formula is C27H35ClN2O7S. The first-order valence-corrected chi connectivity index (χ1v) is 14.3. The summed E-state index contributed by atoms with van der Waals surface area (Å²) in [5.74, 6) is -0.0285. The van der Waals surface area contributed by atoms with Gasteiger partial charge in [0, 0.05) is 12.6 Å². The van der Waals surface area contributed by atoms with E-state index < -0.39 is 35.7 Å². The van der Waals surface area contributed by atoms with Crippen LogP contribution in [-0.4, -0.2) is 76.0 Å². The predicted molar refractivity (Wildman–Crippen MR) is 143 cm³/mol. The summed E-state index contributed by atoms with van der Waals surface area (Å²) in [6, 6.07) is 13.2. The van der Waals surface area contributed by atoms with Crippen LogP contribution >= 0.6 is 11.6 Å². The van der Waals surface area contributed by atoms with Gasteiger partial charge >= 0.3 is 6.09 Å². The quantitative estimate of drug-likeness (QED) is 0.353. The van der Waals surface area contributed by atoms with Gasteiger partial charge in [-0.05, 0) is 36.5 Å². The average Bonchev–Trinajstić information content (AvgIpc) is 3.50. The van der Waals surface area contributed by atoms with E-state index in [1.54, 1.807) is 10.4 Å². The molecule has 3 N–H and O–H groups in total. The lowest BCUT2D eigenvalue weighted by Crippen LogP contribution is -2.51. The maximum atomic E-state index is 13.5. The number of nitrogens with one attached hydrogen (secondary N) is 1. The van der Waals surface area contributed by atoms with E-state index >= 15 is 0 Å². The highest BCUT2D eigenvalue weighted by Crippen LogP contribution is 2.33. The lowest BCUT2D eigenvalue weighted by molar-refractivity contribution is -0.0907. The molecule has 2 saturated heterocycles. The molecule has 0 saturated carbocycles. The van der Waals surface area contributed by atoms with Crippen molar-refractivity contribution in [2.24, 2.45) is 11.8 Å². The van der Waals surface area contributed by atoms with Crippen molar-refractivity contribution in [2.75, 3.05) is 26.3 Å². The van der Waals surface area contributed by atoms with E-state index in [2.05, 4.69) is 5.32 Å². The van der Waals surface area contributed by atoms with Crippen LogP contribution < -0.4 is 5.32 Å². The molecule has 0 radical (unpaired) electrons. The van der Waals surface area contributed by atoms with E-state index in [1.807, 2.05) is 44.2 Å². The summed E-state index contributed by atoms with van der Waals surface area (Å²) >= 11 is 4.24. The topological polar surface area (TPSA) is 124 Å². The summed E-state index contributed by atoms with van der Waals surface area (Å²) in [6.07, 6.45) is -1.38. The Kier molecular flexibility index (Phi) is 10.2. The molecule has 0 aliphatic carbocycles. The molecule has 9 nitrogen and oxygen atoms in total. The third kappa shape index (κ3) is 7.53. The summed E-state index contributed by atoms with van der Waals surface area (Å²) in [6.45, 7) is 5.23. The highest BCUT2D eigenvalue weighted by atomic mass is 35.5. The molecule has 2 unspecified atom stereocenters. The normalized spacial score (nSPS) is 23.3. The summed E-state index contributed by atoms with van der Waals surface area (Å²) in [5.41, 5.74) is 0.921. The van der Waals surface area contributed by atoms with Crippen molar-refractivity contribution in [3.63, 3.8) is 0 Å².